The Kier molecular flexibility index (Phi) is 6.59. The van der Waals surface area contributed by atoms with Gasteiger partial charge in [0.15, 0.2) is 0 Å². The minimum absolute atomic E-state index is 0.0975. The van der Waals surface area contributed by atoms with Crippen molar-refractivity contribution < 1.29 is 22.7 Å². The topological polar surface area (TPSA) is 72.9 Å². The van der Waals surface area contributed by atoms with Gasteiger partial charge >= 0.3 is 5.97 Å². The molecule has 6 nitrogen and oxygen atoms in total. The molecule has 2 aromatic carbocycles. The van der Waals surface area contributed by atoms with Crippen LogP contribution in [0.25, 0.3) is 0 Å². The lowest BCUT2D eigenvalue weighted by Crippen LogP contribution is -2.51. The molecule has 0 saturated carbocycles. The number of piperidine rings is 1. The summed E-state index contributed by atoms with van der Waals surface area (Å²) in [6, 6.07) is 15.9. The standard InChI is InChI=1S/C22H27NO5S/c1-3-28-21(24)22(16-18-9-7-10-19(15-18)27-2)13-8-14-23(17-22)29(25,26)20-11-5-4-6-12-20/h4-7,9-12,15H,3,8,13-14,16-17H2,1-2H3/t22-/m0/s1. The fraction of sp³-hybridized carbons (Fsp3) is 0.409. The summed E-state index contributed by atoms with van der Waals surface area (Å²) in [6.45, 7) is 2.50. The van der Waals surface area contributed by atoms with E-state index in [1.54, 1.807) is 44.4 Å². The van der Waals surface area contributed by atoms with Crippen LogP contribution in [0.2, 0.25) is 0 Å². The quantitative estimate of drug-likeness (QED) is 0.647. The first-order chi connectivity index (χ1) is 13.9. The summed E-state index contributed by atoms with van der Waals surface area (Å²) >= 11 is 0. The maximum atomic E-state index is 13.2. The number of esters is 1. The summed E-state index contributed by atoms with van der Waals surface area (Å²) in [7, 11) is -2.09. The van der Waals surface area contributed by atoms with Crippen LogP contribution in [0, 0.1) is 5.41 Å². The first kappa shape index (κ1) is 21.3. The molecule has 0 aromatic heterocycles. The van der Waals surface area contributed by atoms with Crippen molar-refractivity contribution in [2.45, 2.75) is 31.1 Å². The Morgan fingerprint density at radius 3 is 2.59 bits per heavy atom. The molecule has 29 heavy (non-hydrogen) atoms. The number of carbonyl (C=O) groups is 1. The maximum Gasteiger partial charge on any atom is 0.313 e. The number of ether oxygens (including phenoxy) is 2. The summed E-state index contributed by atoms with van der Waals surface area (Å²) < 4.78 is 38.4. The minimum atomic E-state index is -3.69. The van der Waals surface area contributed by atoms with E-state index in [9.17, 15) is 13.2 Å². The number of benzene rings is 2. The molecule has 1 fully saturated rings. The molecule has 3 rings (SSSR count). The van der Waals surface area contributed by atoms with E-state index in [0.29, 0.717) is 31.6 Å². The first-order valence-electron chi connectivity index (χ1n) is 9.77. The smallest absolute Gasteiger partial charge is 0.313 e. The molecule has 1 atom stereocenters. The monoisotopic (exact) mass is 417 g/mol. The molecule has 0 spiro atoms. The lowest BCUT2D eigenvalue weighted by Gasteiger charge is -2.40. The molecular formula is C22H27NO5S. The van der Waals surface area contributed by atoms with Crippen molar-refractivity contribution in [2.75, 3.05) is 26.8 Å². The van der Waals surface area contributed by atoms with Gasteiger partial charge in [-0.15, -0.1) is 0 Å². The summed E-state index contributed by atoms with van der Waals surface area (Å²) in [5.41, 5.74) is -0.0148. The number of hydrogen-bond acceptors (Lipinski definition) is 5. The molecule has 0 radical (unpaired) electrons. The molecule has 1 aliphatic heterocycles. The molecule has 1 heterocycles. The number of hydrogen-bond donors (Lipinski definition) is 0. The van der Waals surface area contributed by atoms with Crippen molar-refractivity contribution >= 4 is 16.0 Å². The minimum Gasteiger partial charge on any atom is -0.497 e. The van der Waals surface area contributed by atoms with Gasteiger partial charge < -0.3 is 9.47 Å². The first-order valence-corrected chi connectivity index (χ1v) is 11.2. The van der Waals surface area contributed by atoms with Crippen LogP contribution < -0.4 is 4.74 Å². The molecule has 156 valence electrons. The maximum absolute atomic E-state index is 13.2. The van der Waals surface area contributed by atoms with Gasteiger partial charge in [-0.2, -0.15) is 4.31 Å². The SMILES string of the molecule is CCOC(=O)[C@]1(Cc2cccc(OC)c2)CCCN(S(=O)(=O)c2ccccc2)C1. The molecular weight excluding hydrogens is 390 g/mol. The molecule has 7 heteroatoms. The summed E-state index contributed by atoms with van der Waals surface area (Å²) in [5, 5.41) is 0. The fourth-order valence-electron chi connectivity index (χ4n) is 3.88. The second-order valence-corrected chi connectivity index (χ2v) is 9.22. The number of rotatable bonds is 7. The van der Waals surface area contributed by atoms with Gasteiger partial charge in [0.05, 0.1) is 24.0 Å². The molecule has 0 unspecified atom stereocenters. The number of sulfonamides is 1. The van der Waals surface area contributed by atoms with Gasteiger partial charge in [-0.3, -0.25) is 4.79 Å². The van der Waals surface area contributed by atoms with Crippen LogP contribution in [0.1, 0.15) is 25.3 Å². The second-order valence-electron chi connectivity index (χ2n) is 7.28. The molecule has 1 aliphatic rings. The Balaban J connectivity index is 1.94. The predicted molar refractivity (Wildman–Crippen MR) is 110 cm³/mol. The van der Waals surface area contributed by atoms with Crippen molar-refractivity contribution in [1.29, 1.82) is 0 Å². The van der Waals surface area contributed by atoms with Crippen LogP contribution in [0.4, 0.5) is 0 Å². The average molecular weight is 418 g/mol. The van der Waals surface area contributed by atoms with Gasteiger partial charge in [-0.05, 0) is 56.0 Å². The summed E-state index contributed by atoms with van der Waals surface area (Å²) in [4.78, 5) is 13.3. The normalized spacial score (nSPS) is 20.2. The van der Waals surface area contributed by atoms with Crippen LogP contribution >= 0.6 is 0 Å². The van der Waals surface area contributed by atoms with Crippen molar-refractivity contribution in [3.05, 3.63) is 60.2 Å². The third-order valence-corrected chi connectivity index (χ3v) is 7.17. The lowest BCUT2D eigenvalue weighted by molar-refractivity contribution is -0.157. The molecule has 1 saturated heterocycles. The van der Waals surface area contributed by atoms with E-state index >= 15 is 0 Å². The van der Waals surface area contributed by atoms with E-state index in [-0.39, 0.29) is 24.0 Å². The molecule has 0 bridgehead atoms. The van der Waals surface area contributed by atoms with E-state index < -0.39 is 15.4 Å². The van der Waals surface area contributed by atoms with Gasteiger partial charge in [-0.1, -0.05) is 30.3 Å². The van der Waals surface area contributed by atoms with E-state index in [2.05, 4.69) is 0 Å². The third-order valence-electron chi connectivity index (χ3n) is 5.31. The highest BCUT2D eigenvalue weighted by Crippen LogP contribution is 2.38. The van der Waals surface area contributed by atoms with Gasteiger partial charge in [0.1, 0.15) is 5.75 Å². The zero-order valence-corrected chi connectivity index (χ0v) is 17.7. The Morgan fingerprint density at radius 1 is 1.14 bits per heavy atom. The molecule has 2 aromatic rings. The van der Waals surface area contributed by atoms with Crippen molar-refractivity contribution in [3.8, 4) is 5.75 Å². The zero-order chi connectivity index (χ0) is 20.9. The van der Waals surface area contributed by atoms with Crippen molar-refractivity contribution in [3.63, 3.8) is 0 Å². The van der Waals surface area contributed by atoms with Crippen LogP contribution in [0.15, 0.2) is 59.5 Å². The second kappa shape index (κ2) is 8.97. The fourth-order valence-corrected chi connectivity index (χ4v) is 5.46. The Morgan fingerprint density at radius 2 is 1.90 bits per heavy atom. The Bertz CT molecular complexity index is 945. The van der Waals surface area contributed by atoms with Crippen LogP contribution in [-0.2, 0) is 26.0 Å². The van der Waals surface area contributed by atoms with Crippen molar-refractivity contribution in [2.24, 2.45) is 5.41 Å². The number of carbonyl (C=O) groups excluding carboxylic acids is 1. The third kappa shape index (κ3) is 4.62. The van der Waals surface area contributed by atoms with E-state index in [0.717, 1.165) is 5.56 Å². The zero-order valence-electron chi connectivity index (χ0n) is 16.8. The molecule has 0 amide bonds. The number of methoxy groups -OCH3 is 1. The van der Waals surface area contributed by atoms with Gasteiger partial charge in [0, 0.05) is 13.1 Å². The van der Waals surface area contributed by atoms with E-state index in [1.807, 2.05) is 24.3 Å². The van der Waals surface area contributed by atoms with E-state index in [4.69, 9.17) is 9.47 Å². The Hall–Kier alpha value is -2.38. The van der Waals surface area contributed by atoms with Crippen molar-refractivity contribution in [1.82, 2.24) is 4.31 Å². The lowest BCUT2D eigenvalue weighted by atomic mass is 9.75. The van der Waals surface area contributed by atoms with Gasteiger partial charge in [-0.25, -0.2) is 8.42 Å². The van der Waals surface area contributed by atoms with Gasteiger partial charge in [0.25, 0.3) is 0 Å². The predicted octanol–water partition coefficient (Wildman–Crippen LogP) is 3.27. The molecule has 0 aliphatic carbocycles. The highest BCUT2D eigenvalue weighted by molar-refractivity contribution is 7.89. The summed E-state index contributed by atoms with van der Waals surface area (Å²) in [5.74, 6) is 0.349. The highest BCUT2D eigenvalue weighted by Gasteiger charge is 2.46. The van der Waals surface area contributed by atoms with Crippen LogP contribution in [-0.4, -0.2) is 45.5 Å². The highest BCUT2D eigenvalue weighted by atomic mass is 32.2. The summed E-state index contributed by atoms with van der Waals surface area (Å²) in [6.07, 6.45) is 1.56. The Labute approximate surface area is 172 Å². The van der Waals surface area contributed by atoms with Crippen LogP contribution in [0.3, 0.4) is 0 Å². The largest absolute Gasteiger partial charge is 0.497 e. The average Bonchev–Trinajstić information content (AvgIpc) is 2.75. The number of nitrogens with zero attached hydrogens (tertiary/aromatic N) is 1. The molecule has 0 N–H and O–H groups in total. The van der Waals surface area contributed by atoms with Gasteiger partial charge in [0.2, 0.25) is 10.0 Å². The van der Waals surface area contributed by atoms with E-state index in [1.165, 1.54) is 4.31 Å². The van der Waals surface area contributed by atoms with Crippen LogP contribution in [0.5, 0.6) is 5.75 Å².